The third kappa shape index (κ3) is 4.45. The number of aliphatic hydroxyl groups is 1. The first kappa shape index (κ1) is 17.2. The van der Waals surface area contributed by atoms with Crippen LogP contribution >= 0.6 is 0 Å². The average Bonchev–Trinajstić information content (AvgIpc) is 3.09. The molecule has 2 N–H and O–H groups in total. The lowest BCUT2D eigenvalue weighted by Gasteiger charge is -2.14. The molecule has 0 radical (unpaired) electrons. The van der Waals surface area contributed by atoms with Gasteiger partial charge in [0.1, 0.15) is 0 Å². The van der Waals surface area contributed by atoms with Crippen molar-refractivity contribution in [1.82, 2.24) is 5.32 Å². The molecule has 1 unspecified atom stereocenters. The second kappa shape index (κ2) is 7.94. The first-order valence-electron chi connectivity index (χ1n) is 8.56. The summed E-state index contributed by atoms with van der Waals surface area (Å²) in [6.45, 7) is 3.33. The molecule has 0 fully saturated rings. The number of hydrazone groups is 1. The van der Waals surface area contributed by atoms with Crippen molar-refractivity contribution in [1.29, 1.82) is 0 Å². The van der Waals surface area contributed by atoms with Crippen LogP contribution in [0.25, 0.3) is 0 Å². The number of nitrogens with zero attached hydrogens (tertiary/aromatic N) is 2. The summed E-state index contributed by atoms with van der Waals surface area (Å²) in [5.41, 5.74) is 3.59. The molecule has 1 aliphatic heterocycles. The maximum Gasteiger partial charge on any atom is 0.251 e. The highest BCUT2D eigenvalue weighted by Gasteiger charge is 2.14. The second-order valence-corrected chi connectivity index (χ2v) is 6.23. The molecule has 5 heteroatoms. The molecular formula is C20H23N3O2. The summed E-state index contributed by atoms with van der Waals surface area (Å²) in [7, 11) is 0. The van der Waals surface area contributed by atoms with Crippen LogP contribution in [-0.2, 0) is 0 Å². The molecule has 5 nitrogen and oxygen atoms in total. The molecule has 0 aromatic heterocycles. The average molecular weight is 337 g/mol. The standard InChI is InChI=1S/C20H23N3O2/c1-15-12-14-23(22-15)18-9-7-17(8-10-18)20(25)21-13-11-19(24)16-5-3-2-4-6-16/h2-10,19,24H,11-14H2,1H3,(H,21,25). The van der Waals surface area contributed by atoms with Crippen molar-refractivity contribution in [2.75, 3.05) is 18.1 Å². The van der Waals surface area contributed by atoms with Crippen LogP contribution in [0, 0.1) is 0 Å². The van der Waals surface area contributed by atoms with E-state index in [0.29, 0.717) is 18.5 Å². The molecule has 1 amide bonds. The Hall–Kier alpha value is -2.66. The van der Waals surface area contributed by atoms with Gasteiger partial charge in [0.2, 0.25) is 0 Å². The molecule has 3 rings (SSSR count). The van der Waals surface area contributed by atoms with Crippen LogP contribution in [0.2, 0.25) is 0 Å². The predicted octanol–water partition coefficient (Wildman–Crippen LogP) is 3.13. The van der Waals surface area contributed by atoms with Crippen LogP contribution in [-0.4, -0.2) is 29.8 Å². The fourth-order valence-corrected chi connectivity index (χ4v) is 2.81. The fourth-order valence-electron chi connectivity index (χ4n) is 2.81. The molecule has 0 saturated heterocycles. The van der Waals surface area contributed by atoms with Crippen LogP contribution < -0.4 is 10.3 Å². The monoisotopic (exact) mass is 337 g/mol. The van der Waals surface area contributed by atoms with E-state index in [1.54, 1.807) is 0 Å². The van der Waals surface area contributed by atoms with Crippen LogP contribution in [0.4, 0.5) is 5.69 Å². The fraction of sp³-hybridized carbons (Fsp3) is 0.300. The number of aliphatic hydroxyl groups excluding tert-OH is 1. The molecule has 0 saturated carbocycles. The zero-order chi connectivity index (χ0) is 17.6. The van der Waals surface area contributed by atoms with Crippen molar-refractivity contribution in [3.8, 4) is 0 Å². The maximum atomic E-state index is 12.2. The van der Waals surface area contributed by atoms with E-state index in [4.69, 9.17) is 0 Å². The number of amides is 1. The minimum atomic E-state index is -0.569. The summed E-state index contributed by atoms with van der Waals surface area (Å²) >= 11 is 0. The largest absolute Gasteiger partial charge is 0.388 e. The van der Waals surface area contributed by atoms with Gasteiger partial charge in [-0.1, -0.05) is 30.3 Å². The Morgan fingerprint density at radius 2 is 1.92 bits per heavy atom. The lowest BCUT2D eigenvalue weighted by Crippen LogP contribution is -2.25. The zero-order valence-corrected chi connectivity index (χ0v) is 14.4. The summed E-state index contributed by atoms with van der Waals surface area (Å²) < 4.78 is 0. The van der Waals surface area contributed by atoms with Gasteiger partial charge in [-0.15, -0.1) is 0 Å². The van der Waals surface area contributed by atoms with E-state index >= 15 is 0 Å². The highest BCUT2D eigenvalue weighted by atomic mass is 16.3. The number of carbonyl (C=O) groups excluding carboxylic acids is 1. The molecule has 2 aromatic carbocycles. The van der Waals surface area contributed by atoms with Crippen LogP contribution in [0.3, 0.4) is 0 Å². The summed E-state index contributed by atoms with van der Waals surface area (Å²) in [6, 6.07) is 16.9. The van der Waals surface area contributed by atoms with Crippen LogP contribution in [0.5, 0.6) is 0 Å². The lowest BCUT2D eigenvalue weighted by molar-refractivity contribution is 0.0942. The Labute approximate surface area is 148 Å². The first-order chi connectivity index (χ1) is 12.1. The van der Waals surface area contributed by atoms with Gasteiger partial charge >= 0.3 is 0 Å². The Morgan fingerprint density at radius 1 is 1.20 bits per heavy atom. The predicted molar refractivity (Wildman–Crippen MR) is 99.9 cm³/mol. The van der Waals surface area contributed by atoms with E-state index in [-0.39, 0.29) is 5.91 Å². The maximum absolute atomic E-state index is 12.2. The molecule has 1 aliphatic rings. The van der Waals surface area contributed by atoms with Gasteiger partial charge in [0.25, 0.3) is 5.91 Å². The van der Waals surface area contributed by atoms with E-state index in [1.165, 1.54) is 0 Å². The minimum absolute atomic E-state index is 0.132. The first-order valence-corrected chi connectivity index (χ1v) is 8.56. The SMILES string of the molecule is CC1=NN(c2ccc(C(=O)NCCC(O)c3ccccc3)cc2)CC1. The topological polar surface area (TPSA) is 64.9 Å². The summed E-state index contributed by atoms with van der Waals surface area (Å²) in [4.78, 5) is 12.2. The van der Waals surface area contributed by atoms with Gasteiger partial charge in [-0.25, -0.2) is 0 Å². The highest BCUT2D eigenvalue weighted by Crippen LogP contribution is 2.20. The second-order valence-electron chi connectivity index (χ2n) is 6.23. The molecule has 0 spiro atoms. The van der Waals surface area contributed by atoms with Crippen molar-refractivity contribution in [2.24, 2.45) is 5.10 Å². The Bertz CT molecular complexity index is 741. The van der Waals surface area contributed by atoms with Gasteiger partial charge in [0.15, 0.2) is 0 Å². The molecule has 1 atom stereocenters. The molecule has 1 heterocycles. The Balaban J connectivity index is 1.50. The van der Waals surface area contributed by atoms with Crippen molar-refractivity contribution in [2.45, 2.75) is 25.9 Å². The van der Waals surface area contributed by atoms with Gasteiger partial charge in [0.05, 0.1) is 11.8 Å². The van der Waals surface area contributed by atoms with E-state index < -0.39 is 6.10 Å². The van der Waals surface area contributed by atoms with Crippen molar-refractivity contribution >= 4 is 17.3 Å². The Kier molecular flexibility index (Phi) is 5.46. The van der Waals surface area contributed by atoms with E-state index in [0.717, 1.165) is 29.9 Å². The summed E-state index contributed by atoms with van der Waals surface area (Å²) in [5, 5.41) is 19.4. The van der Waals surface area contributed by atoms with Crippen LogP contribution in [0.15, 0.2) is 59.7 Å². The summed E-state index contributed by atoms with van der Waals surface area (Å²) in [6.07, 6.45) is 0.891. The highest BCUT2D eigenvalue weighted by molar-refractivity contribution is 5.94. The van der Waals surface area contributed by atoms with Gasteiger partial charge < -0.3 is 10.4 Å². The van der Waals surface area contributed by atoms with Crippen molar-refractivity contribution in [3.63, 3.8) is 0 Å². The quantitative estimate of drug-likeness (QED) is 0.851. The number of hydrogen-bond acceptors (Lipinski definition) is 4. The molecule has 0 aliphatic carbocycles. The molecule has 0 bridgehead atoms. The summed E-state index contributed by atoms with van der Waals surface area (Å²) in [5.74, 6) is -0.132. The number of carbonyl (C=O) groups is 1. The molecule has 25 heavy (non-hydrogen) atoms. The zero-order valence-electron chi connectivity index (χ0n) is 14.4. The number of rotatable bonds is 6. The number of nitrogens with one attached hydrogen (secondary N) is 1. The molecule has 2 aromatic rings. The van der Waals surface area contributed by atoms with E-state index in [2.05, 4.69) is 10.4 Å². The van der Waals surface area contributed by atoms with Gasteiger partial charge in [-0.3, -0.25) is 9.80 Å². The third-order valence-corrected chi connectivity index (χ3v) is 4.29. The number of benzene rings is 2. The number of anilines is 1. The normalized spacial score (nSPS) is 15.0. The van der Waals surface area contributed by atoms with Crippen LogP contribution in [0.1, 0.15) is 41.8 Å². The van der Waals surface area contributed by atoms with Gasteiger partial charge in [-0.2, -0.15) is 5.10 Å². The number of hydrogen-bond donors (Lipinski definition) is 2. The van der Waals surface area contributed by atoms with Gasteiger partial charge in [-0.05, 0) is 43.2 Å². The smallest absolute Gasteiger partial charge is 0.251 e. The van der Waals surface area contributed by atoms with Crippen molar-refractivity contribution < 1.29 is 9.90 Å². The third-order valence-electron chi connectivity index (χ3n) is 4.29. The molecule has 130 valence electrons. The van der Waals surface area contributed by atoms with Crippen molar-refractivity contribution in [3.05, 3.63) is 65.7 Å². The minimum Gasteiger partial charge on any atom is -0.388 e. The lowest BCUT2D eigenvalue weighted by atomic mass is 10.1. The molecular weight excluding hydrogens is 314 g/mol. The Morgan fingerprint density at radius 3 is 2.56 bits per heavy atom. The van der Waals surface area contributed by atoms with Gasteiger partial charge in [0, 0.05) is 30.8 Å². The van der Waals surface area contributed by atoms with E-state index in [1.807, 2.05) is 66.5 Å². The van der Waals surface area contributed by atoms with E-state index in [9.17, 15) is 9.90 Å².